The third-order valence-corrected chi connectivity index (χ3v) is 5.56. The van der Waals surface area contributed by atoms with Crippen LogP contribution in [0.15, 0.2) is 29.3 Å². The number of guanidine groups is 1. The summed E-state index contributed by atoms with van der Waals surface area (Å²) in [7, 11) is 3.48. The maximum atomic E-state index is 12.0. The standard InChI is InChI=1S/C24H40N4O3/c1-23(2,3)31-22(29)28-19-13-11-18(12-14-19)27-21(25-6)26-16-24(4,5)17-9-8-10-20(15-17)30-7/h8-10,15,18-19H,11-14,16H2,1-7H3,(H,28,29)(H2,25,26,27). The van der Waals surface area contributed by atoms with E-state index in [0.29, 0.717) is 6.04 Å². The van der Waals surface area contributed by atoms with E-state index in [1.54, 1.807) is 14.2 Å². The van der Waals surface area contributed by atoms with Gasteiger partial charge in [-0.15, -0.1) is 0 Å². The van der Waals surface area contributed by atoms with Crippen molar-refractivity contribution in [2.75, 3.05) is 20.7 Å². The molecule has 0 radical (unpaired) electrons. The van der Waals surface area contributed by atoms with Gasteiger partial charge in [-0.2, -0.15) is 0 Å². The van der Waals surface area contributed by atoms with Crippen molar-refractivity contribution in [3.63, 3.8) is 0 Å². The van der Waals surface area contributed by atoms with Crippen molar-refractivity contribution in [3.05, 3.63) is 29.8 Å². The minimum atomic E-state index is -0.473. The minimum absolute atomic E-state index is 0.0822. The molecule has 1 aromatic rings. The molecule has 174 valence electrons. The van der Waals surface area contributed by atoms with Gasteiger partial charge in [0.15, 0.2) is 5.96 Å². The molecule has 1 aliphatic rings. The molecule has 7 heteroatoms. The summed E-state index contributed by atoms with van der Waals surface area (Å²) in [6.45, 7) is 10.8. The van der Waals surface area contributed by atoms with Gasteiger partial charge in [0.1, 0.15) is 11.4 Å². The lowest BCUT2D eigenvalue weighted by Gasteiger charge is -2.32. The summed E-state index contributed by atoms with van der Waals surface area (Å²) in [5.41, 5.74) is 0.657. The summed E-state index contributed by atoms with van der Waals surface area (Å²) < 4.78 is 10.7. The number of benzene rings is 1. The highest BCUT2D eigenvalue weighted by Gasteiger charge is 2.26. The molecule has 0 bridgehead atoms. The van der Waals surface area contributed by atoms with E-state index in [2.05, 4.69) is 46.9 Å². The van der Waals surface area contributed by atoms with Gasteiger partial charge >= 0.3 is 6.09 Å². The normalized spacial score (nSPS) is 20.0. The van der Waals surface area contributed by atoms with E-state index < -0.39 is 5.60 Å². The number of nitrogens with one attached hydrogen (secondary N) is 3. The Morgan fingerprint density at radius 3 is 2.23 bits per heavy atom. The summed E-state index contributed by atoms with van der Waals surface area (Å²) in [5, 5.41) is 10.00. The highest BCUT2D eigenvalue weighted by atomic mass is 16.6. The fraction of sp³-hybridized carbons (Fsp3) is 0.667. The summed E-state index contributed by atoms with van der Waals surface area (Å²) in [4.78, 5) is 16.4. The van der Waals surface area contributed by atoms with Gasteiger partial charge in [-0.1, -0.05) is 26.0 Å². The molecule has 3 N–H and O–H groups in total. The second kappa shape index (κ2) is 10.7. The molecule has 1 amide bonds. The number of amides is 1. The number of carbonyl (C=O) groups is 1. The van der Waals surface area contributed by atoms with E-state index in [1.165, 1.54) is 5.56 Å². The Balaban J connectivity index is 1.80. The highest BCUT2D eigenvalue weighted by Crippen LogP contribution is 2.26. The Labute approximate surface area is 187 Å². The average Bonchev–Trinajstić information content (AvgIpc) is 2.71. The van der Waals surface area contributed by atoms with Crippen LogP contribution in [0.2, 0.25) is 0 Å². The number of methoxy groups -OCH3 is 1. The zero-order valence-electron chi connectivity index (χ0n) is 20.2. The number of hydrogen-bond acceptors (Lipinski definition) is 4. The predicted octanol–water partition coefficient (Wildman–Crippen LogP) is 3.97. The maximum absolute atomic E-state index is 12.0. The van der Waals surface area contributed by atoms with Crippen molar-refractivity contribution in [3.8, 4) is 5.75 Å². The lowest BCUT2D eigenvalue weighted by Crippen LogP contribution is -2.49. The first-order valence-electron chi connectivity index (χ1n) is 11.1. The van der Waals surface area contributed by atoms with Gasteiger partial charge in [0, 0.05) is 31.1 Å². The second-order valence-electron chi connectivity index (χ2n) is 9.88. The van der Waals surface area contributed by atoms with Gasteiger partial charge in [-0.25, -0.2) is 4.79 Å². The quantitative estimate of drug-likeness (QED) is 0.468. The summed E-state index contributed by atoms with van der Waals surface area (Å²) in [6, 6.07) is 8.68. The van der Waals surface area contributed by atoms with Crippen LogP contribution < -0.4 is 20.7 Å². The molecule has 0 saturated heterocycles. The number of hydrogen-bond donors (Lipinski definition) is 3. The van der Waals surface area contributed by atoms with Crippen molar-refractivity contribution >= 4 is 12.1 Å². The zero-order valence-corrected chi connectivity index (χ0v) is 20.2. The van der Waals surface area contributed by atoms with Crippen molar-refractivity contribution < 1.29 is 14.3 Å². The first-order chi connectivity index (χ1) is 14.5. The van der Waals surface area contributed by atoms with Gasteiger partial charge in [0.2, 0.25) is 0 Å². The first-order valence-corrected chi connectivity index (χ1v) is 11.1. The van der Waals surface area contributed by atoms with Gasteiger partial charge in [0.05, 0.1) is 7.11 Å². The van der Waals surface area contributed by atoms with Crippen LogP contribution in [0, 0.1) is 0 Å². The molecule has 0 aliphatic heterocycles. The number of aliphatic imine (C=N–C) groups is 1. The SMILES string of the molecule is CN=C(NCC(C)(C)c1cccc(OC)c1)NC1CCC(NC(=O)OC(C)(C)C)CC1. The molecular weight excluding hydrogens is 392 g/mol. The first kappa shape index (κ1) is 24.8. The molecule has 2 rings (SSSR count). The van der Waals surface area contributed by atoms with Crippen molar-refractivity contribution in [2.24, 2.45) is 4.99 Å². The van der Waals surface area contributed by atoms with E-state index >= 15 is 0 Å². The third kappa shape index (κ3) is 8.31. The van der Waals surface area contributed by atoms with Gasteiger partial charge in [0.25, 0.3) is 0 Å². The Kier molecular flexibility index (Phi) is 8.60. The van der Waals surface area contributed by atoms with Crippen LogP contribution >= 0.6 is 0 Å². The molecule has 0 unspecified atom stereocenters. The maximum Gasteiger partial charge on any atom is 0.407 e. The summed E-state index contributed by atoms with van der Waals surface area (Å²) in [6.07, 6.45) is 3.45. The second-order valence-corrected chi connectivity index (χ2v) is 9.88. The molecule has 7 nitrogen and oxygen atoms in total. The molecular formula is C24H40N4O3. The van der Waals surface area contributed by atoms with Crippen LogP contribution in [0.3, 0.4) is 0 Å². The van der Waals surface area contributed by atoms with Crippen molar-refractivity contribution in [1.82, 2.24) is 16.0 Å². The van der Waals surface area contributed by atoms with Gasteiger partial charge in [-0.05, 0) is 64.2 Å². The number of nitrogens with zero attached hydrogens (tertiary/aromatic N) is 1. The number of carbonyl (C=O) groups excluding carboxylic acids is 1. The molecule has 31 heavy (non-hydrogen) atoms. The van der Waals surface area contributed by atoms with E-state index in [-0.39, 0.29) is 17.6 Å². The fourth-order valence-corrected chi connectivity index (χ4v) is 3.70. The van der Waals surface area contributed by atoms with Crippen LogP contribution in [-0.2, 0) is 10.2 Å². The molecule has 0 aromatic heterocycles. The Bertz CT molecular complexity index is 747. The number of ether oxygens (including phenoxy) is 2. The number of rotatable bonds is 6. The molecule has 1 aromatic carbocycles. The topological polar surface area (TPSA) is 84.0 Å². The van der Waals surface area contributed by atoms with E-state index in [0.717, 1.165) is 43.9 Å². The molecule has 1 aliphatic carbocycles. The molecule has 0 spiro atoms. The minimum Gasteiger partial charge on any atom is -0.497 e. The lowest BCUT2D eigenvalue weighted by molar-refractivity contribution is 0.0490. The van der Waals surface area contributed by atoms with E-state index in [9.17, 15) is 4.79 Å². The Hall–Kier alpha value is -2.44. The average molecular weight is 433 g/mol. The summed E-state index contributed by atoms with van der Waals surface area (Å²) >= 11 is 0. The van der Waals surface area contributed by atoms with Crippen LogP contribution in [0.1, 0.15) is 65.9 Å². The fourth-order valence-electron chi connectivity index (χ4n) is 3.70. The lowest BCUT2D eigenvalue weighted by atomic mass is 9.84. The van der Waals surface area contributed by atoms with Crippen LogP contribution in [0.4, 0.5) is 4.79 Å². The van der Waals surface area contributed by atoms with E-state index in [1.807, 2.05) is 32.9 Å². The van der Waals surface area contributed by atoms with E-state index in [4.69, 9.17) is 9.47 Å². The molecule has 1 fully saturated rings. The van der Waals surface area contributed by atoms with Gasteiger partial charge in [-0.3, -0.25) is 4.99 Å². The van der Waals surface area contributed by atoms with Gasteiger partial charge < -0.3 is 25.4 Å². The molecule has 0 heterocycles. The molecule has 1 saturated carbocycles. The van der Waals surface area contributed by atoms with Crippen LogP contribution in [-0.4, -0.2) is 50.4 Å². The smallest absolute Gasteiger partial charge is 0.407 e. The van der Waals surface area contributed by atoms with Crippen molar-refractivity contribution in [1.29, 1.82) is 0 Å². The monoisotopic (exact) mass is 432 g/mol. The van der Waals surface area contributed by atoms with Crippen LogP contribution in [0.25, 0.3) is 0 Å². The molecule has 0 atom stereocenters. The Morgan fingerprint density at radius 2 is 1.68 bits per heavy atom. The third-order valence-electron chi connectivity index (χ3n) is 5.56. The number of alkyl carbamates (subject to hydrolysis) is 1. The van der Waals surface area contributed by atoms with Crippen molar-refractivity contribution in [2.45, 2.75) is 83.4 Å². The largest absolute Gasteiger partial charge is 0.497 e. The predicted molar refractivity (Wildman–Crippen MR) is 126 cm³/mol. The zero-order chi connectivity index (χ0) is 23.1. The summed E-state index contributed by atoms with van der Waals surface area (Å²) in [5.74, 6) is 1.67. The highest BCUT2D eigenvalue weighted by molar-refractivity contribution is 5.80. The van der Waals surface area contributed by atoms with Crippen LogP contribution in [0.5, 0.6) is 5.75 Å². The Morgan fingerprint density at radius 1 is 1.06 bits per heavy atom.